The highest BCUT2D eigenvalue weighted by molar-refractivity contribution is 8.26. The van der Waals surface area contributed by atoms with E-state index < -0.39 is 11.8 Å². The fourth-order valence-corrected chi connectivity index (χ4v) is 4.28. The summed E-state index contributed by atoms with van der Waals surface area (Å²) in [4.78, 5) is 25.7. The Hall–Kier alpha value is -3.62. The summed E-state index contributed by atoms with van der Waals surface area (Å²) in [5, 5.41) is 1.09. The molecule has 0 atom stereocenters. The molecule has 33 heavy (non-hydrogen) atoms. The Kier molecular flexibility index (Phi) is 7.07. The standard InChI is InChI=1S/C25H20N2O4S2/c1-30-21-14-18(12-13-20(21)31-16-17-8-4-2-5-9-17)15-22-24(29)27(25(32)33-22)26-23(28)19-10-6-3-7-11-19/h2-15H,16H2,1H3,(H,26,28)/b22-15+. The van der Waals surface area contributed by atoms with Crippen LogP contribution in [-0.2, 0) is 11.4 Å². The van der Waals surface area contributed by atoms with Gasteiger partial charge in [-0.3, -0.25) is 15.0 Å². The number of nitrogens with one attached hydrogen (secondary N) is 1. The van der Waals surface area contributed by atoms with E-state index in [9.17, 15) is 9.59 Å². The maximum absolute atomic E-state index is 12.8. The second kappa shape index (κ2) is 10.3. The summed E-state index contributed by atoms with van der Waals surface area (Å²) >= 11 is 6.42. The van der Waals surface area contributed by atoms with Crippen molar-refractivity contribution in [1.29, 1.82) is 0 Å². The number of thiocarbonyl (C=S) groups is 1. The molecule has 1 saturated heterocycles. The molecule has 166 valence electrons. The molecule has 0 saturated carbocycles. The lowest BCUT2D eigenvalue weighted by Gasteiger charge is -2.15. The number of amides is 2. The molecule has 1 fully saturated rings. The van der Waals surface area contributed by atoms with Gasteiger partial charge in [-0.15, -0.1) is 0 Å². The Morgan fingerprint density at radius 3 is 2.42 bits per heavy atom. The lowest BCUT2D eigenvalue weighted by Crippen LogP contribution is -2.44. The van der Waals surface area contributed by atoms with Gasteiger partial charge in [0.2, 0.25) is 0 Å². The first-order chi connectivity index (χ1) is 16.0. The zero-order chi connectivity index (χ0) is 23.2. The quantitative estimate of drug-likeness (QED) is 0.390. The Morgan fingerprint density at radius 2 is 1.73 bits per heavy atom. The lowest BCUT2D eigenvalue weighted by molar-refractivity contribution is -0.123. The molecular weight excluding hydrogens is 456 g/mol. The number of carbonyl (C=O) groups excluding carboxylic acids is 2. The van der Waals surface area contributed by atoms with E-state index in [4.69, 9.17) is 21.7 Å². The minimum Gasteiger partial charge on any atom is -0.493 e. The van der Waals surface area contributed by atoms with E-state index in [2.05, 4.69) is 5.43 Å². The number of nitrogens with zero attached hydrogens (tertiary/aromatic N) is 1. The molecule has 0 unspecified atom stereocenters. The van der Waals surface area contributed by atoms with Crippen LogP contribution >= 0.6 is 24.0 Å². The van der Waals surface area contributed by atoms with Crippen LogP contribution in [0, 0.1) is 0 Å². The minimum absolute atomic E-state index is 0.255. The van der Waals surface area contributed by atoms with E-state index in [1.54, 1.807) is 49.6 Å². The molecule has 1 aliphatic rings. The summed E-state index contributed by atoms with van der Waals surface area (Å²) in [6.45, 7) is 0.413. The first kappa shape index (κ1) is 22.6. The van der Waals surface area contributed by atoms with E-state index >= 15 is 0 Å². The topological polar surface area (TPSA) is 67.9 Å². The van der Waals surface area contributed by atoms with E-state index in [1.807, 2.05) is 42.5 Å². The average molecular weight is 477 g/mol. The number of hydrazine groups is 1. The van der Waals surface area contributed by atoms with Crippen molar-refractivity contribution in [2.24, 2.45) is 0 Å². The third kappa shape index (κ3) is 5.42. The van der Waals surface area contributed by atoms with E-state index in [-0.39, 0.29) is 4.32 Å². The highest BCUT2D eigenvalue weighted by Crippen LogP contribution is 2.34. The van der Waals surface area contributed by atoms with Gasteiger partial charge in [0.05, 0.1) is 12.0 Å². The molecule has 0 aromatic heterocycles. The smallest absolute Gasteiger partial charge is 0.285 e. The van der Waals surface area contributed by atoms with Crippen LogP contribution in [-0.4, -0.2) is 28.3 Å². The normalized spacial score (nSPS) is 14.5. The van der Waals surface area contributed by atoms with Crippen molar-refractivity contribution in [2.45, 2.75) is 6.61 Å². The Morgan fingerprint density at radius 1 is 1.03 bits per heavy atom. The summed E-state index contributed by atoms with van der Waals surface area (Å²) in [5.74, 6) is 0.348. The summed E-state index contributed by atoms with van der Waals surface area (Å²) in [6.07, 6.45) is 1.71. The molecule has 0 spiro atoms. The molecular formula is C25H20N2O4S2. The lowest BCUT2D eigenvalue weighted by atomic mass is 10.2. The van der Waals surface area contributed by atoms with Crippen LogP contribution in [0.4, 0.5) is 0 Å². The number of ether oxygens (including phenoxy) is 2. The highest BCUT2D eigenvalue weighted by atomic mass is 32.2. The number of carbonyl (C=O) groups is 2. The van der Waals surface area contributed by atoms with Gasteiger partial charge in [0, 0.05) is 5.56 Å². The second-order valence-corrected chi connectivity index (χ2v) is 8.68. The van der Waals surface area contributed by atoms with Crippen molar-refractivity contribution in [1.82, 2.24) is 10.4 Å². The van der Waals surface area contributed by atoms with E-state index in [0.717, 1.165) is 27.9 Å². The Balaban J connectivity index is 1.47. The van der Waals surface area contributed by atoms with Gasteiger partial charge in [0.25, 0.3) is 11.8 Å². The first-order valence-corrected chi connectivity index (χ1v) is 11.3. The van der Waals surface area contributed by atoms with Crippen LogP contribution in [0.5, 0.6) is 11.5 Å². The van der Waals surface area contributed by atoms with Crippen molar-refractivity contribution in [3.63, 3.8) is 0 Å². The van der Waals surface area contributed by atoms with Crippen LogP contribution in [0.15, 0.2) is 83.8 Å². The summed E-state index contributed by atoms with van der Waals surface area (Å²) in [5.41, 5.74) is 4.80. The summed E-state index contributed by atoms with van der Waals surface area (Å²) in [7, 11) is 1.56. The van der Waals surface area contributed by atoms with Crippen LogP contribution in [0.3, 0.4) is 0 Å². The van der Waals surface area contributed by atoms with E-state index in [1.165, 1.54) is 0 Å². The van der Waals surface area contributed by atoms with Crippen molar-refractivity contribution < 1.29 is 19.1 Å². The van der Waals surface area contributed by atoms with Crippen molar-refractivity contribution in [3.8, 4) is 11.5 Å². The van der Waals surface area contributed by atoms with Gasteiger partial charge in [-0.25, -0.2) is 0 Å². The summed E-state index contributed by atoms with van der Waals surface area (Å²) in [6, 6.07) is 23.9. The molecule has 3 aromatic carbocycles. The van der Waals surface area contributed by atoms with Crippen molar-refractivity contribution >= 4 is 46.2 Å². The molecule has 2 amide bonds. The number of thioether (sulfide) groups is 1. The third-order valence-electron chi connectivity index (χ3n) is 4.77. The maximum Gasteiger partial charge on any atom is 0.285 e. The van der Waals surface area contributed by atoms with Crippen LogP contribution in [0.1, 0.15) is 21.5 Å². The minimum atomic E-state index is -0.408. The predicted octanol–water partition coefficient (Wildman–Crippen LogP) is 4.82. The number of hydrogen-bond donors (Lipinski definition) is 1. The molecule has 4 rings (SSSR count). The molecule has 0 radical (unpaired) electrons. The molecule has 0 bridgehead atoms. The molecule has 1 heterocycles. The van der Waals surface area contributed by atoms with Crippen molar-refractivity contribution in [3.05, 3.63) is 100 Å². The zero-order valence-corrected chi connectivity index (χ0v) is 19.3. The van der Waals surface area contributed by atoms with Gasteiger partial charge in [0.15, 0.2) is 15.8 Å². The Labute approximate surface area is 201 Å². The molecule has 8 heteroatoms. The number of methoxy groups -OCH3 is 1. The monoisotopic (exact) mass is 476 g/mol. The fourth-order valence-electron chi connectivity index (χ4n) is 3.10. The Bertz CT molecular complexity index is 1210. The van der Waals surface area contributed by atoms with Gasteiger partial charge < -0.3 is 9.47 Å². The van der Waals surface area contributed by atoms with Gasteiger partial charge in [-0.2, -0.15) is 5.01 Å². The fraction of sp³-hybridized carbons (Fsp3) is 0.0800. The number of hydrogen-bond acceptors (Lipinski definition) is 6. The SMILES string of the molecule is COc1cc(/C=C2/SC(=S)N(NC(=O)c3ccccc3)C2=O)ccc1OCc1ccccc1. The first-order valence-electron chi connectivity index (χ1n) is 10.0. The third-order valence-corrected chi connectivity index (χ3v) is 6.07. The highest BCUT2D eigenvalue weighted by Gasteiger charge is 2.33. The molecule has 3 aromatic rings. The van der Waals surface area contributed by atoms with Crippen molar-refractivity contribution in [2.75, 3.05) is 7.11 Å². The molecule has 1 N–H and O–H groups in total. The molecule has 6 nitrogen and oxygen atoms in total. The zero-order valence-electron chi connectivity index (χ0n) is 17.7. The van der Waals surface area contributed by atoms with E-state index in [0.29, 0.717) is 28.6 Å². The second-order valence-electron chi connectivity index (χ2n) is 7.01. The van der Waals surface area contributed by atoms with Gasteiger partial charge in [0.1, 0.15) is 6.61 Å². The van der Waals surface area contributed by atoms with Crippen LogP contribution in [0.2, 0.25) is 0 Å². The van der Waals surface area contributed by atoms with Crippen LogP contribution < -0.4 is 14.9 Å². The van der Waals surface area contributed by atoms with Gasteiger partial charge in [-0.05, 0) is 53.7 Å². The largest absolute Gasteiger partial charge is 0.493 e. The molecule has 0 aliphatic carbocycles. The number of rotatable bonds is 7. The van der Waals surface area contributed by atoms with Gasteiger partial charge >= 0.3 is 0 Å². The average Bonchev–Trinajstić information content (AvgIpc) is 3.11. The van der Waals surface area contributed by atoms with Gasteiger partial charge in [-0.1, -0.05) is 66.4 Å². The number of benzene rings is 3. The predicted molar refractivity (Wildman–Crippen MR) is 133 cm³/mol. The summed E-state index contributed by atoms with van der Waals surface area (Å²) < 4.78 is 11.6. The maximum atomic E-state index is 12.8. The molecule has 1 aliphatic heterocycles. The van der Waals surface area contributed by atoms with Crippen LogP contribution in [0.25, 0.3) is 6.08 Å².